The fourth-order valence-electron chi connectivity index (χ4n) is 3.08. The van der Waals surface area contributed by atoms with E-state index in [9.17, 15) is 0 Å². The Labute approximate surface area is 114 Å². The molecule has 0 unspecified atom stereocenters. The first-order valence-corrected chi connectivity index (χ1v) is 7.00. The van der Waals surface area contributed by atoms with Crippen molar-refractivity contribution in [3.05, 3.63) is 33.8 Å². The molecule has 0 bridgehead atoms. The summed E-state index contributed by atoms with van der Waals surface area (Å²) in [5, 5.41) is 5.06. The minimum absolute atomic E-state index is 0.144. The third-order valence-corrected chi connectivity index (χ3v) is 4.31. The summed E-state index contributed by atoms with van der Waals surface area (Å²) < 4.78 is 0. The molecular weight excluding hydrogens is 253 g/mol. The van der Waals surface area contributed by atoms with Gasteiger partial charge in [-0.3, -0.25) is 0 Å². The van der Waals surface area contributed by atoms with Crippen LogP contribution in [0.25, 0.3) is 0 Å². The van der Waals surface area contributed by atoms with E-state index in [1.165, 1.54) is 12.8 Å². The lowest BCUT2D eigenvalue weighted by Crippen LogP contribution is -2.48. The highest BCUT2D eigenvalue weighted by Gasteiger charge is 2.45. The third-order valence-electron chi connectivity index (χ3n) is 3.68. The Balaban J connectivity index is 2.33. The van der Waals surface area contributed by atoms with Gasteiger partial charge in [-0.1, -0.05) is 43.1 Å². The zero-order chi connectivity index (χ0) is 12.5. The molecule has 3 heteroatoms. The summed E-state index contributed by atoms with van der Waals surface area (Å²) in [7, 11) is 0. The second kappa shape index (κ2) is 5.17. The van der Waals surface area contributed by atoms with E-state index in [0.717, 1.165) is 34.6 Å². The average Bonchev–Trinajstić information content (AvgIpc) is 2.23. The van der Waals surface area contributed by atoms with Crippen molar-refractivity contribution in [2.24, 2.45) is 5.92 Å². The molecule has 1 nitrogen and oxygen atoms in total. The first kappa shape index (κ1) is 13.2. The lowest BCUT2D eigenvalue weighted by molar-refractivity contribution is 0.153. The van der Waals surface area contributed by atoms with Crippen LogP contribution in [0.4, 0.5) is 0 Å². The molecule has 1 aliphatic carbocycles. The average molecular weight is 272 g/mol. The van der Waals surface area contributed by atoms with E-state index in [0.29, 0.717) is 0 Å². The van der Waals surface area contributed by atoms with E-state index in [-0.39, 0.29) is 5.41 Å². The van der Waals surface area contributed by atoms with Gasteiger partial charge in [0.05, 0.1) is 0 Å². The molecule has 1 saturated carbocycles. The highest BCUT2D eigenvalue weighted by Crippen LogP contribution is 2.51. The Morgan fingerprint density at radius 1 is 1.29 bits per heavy atom. The zero-order valence-electron chi connectivity index (χ0n) is 10.4. The molecule has 1 N–H and O–H groups in total. The molecule has 0 spiro atoms. The van der Waals surface area contributed by atoms with Crippen molar-refractivity contribution in [3.63, 3.8) is 0 Å². The second-order valence-corrected chi connectivity index (χ2v) is 5.99. The summed E-state index contributed by atoms with van der Waals surface area (Å²) in [5.74, 6) is 0.765. The van der Waals surface area contributed by atoms with Crippen LogP contribution in [-0.2, 0) is 5.41 Å². The molecular formula is C14H19Cl2N. The highest BCUT2D eigenvalue weighted by atomic mass is 35.5. The van der Waals surface area contributed by atoms with E-state index in [2.05, 4.69) is 19.2 Å². The van der Waals surface area contributed by atoms with Crippen molar-refractivity contribution in [3.8, 4) is 0 Å². The van der Waals surface area contributed by atoms with Gasteiger partial charge in [0.2, 0.25) is 0 Å². The fourth-order valence-corrected chi connectivity index (χ4v) is 3.88. The Kier molecular flexibility index (Phi) is 4.02. The number of likely N-dealkylation sites (N-methyl/N-ethyl adjacent to an activating group) is 1. The maximum Gasteiger partial charge on any atom is 0.0459 e. The van der Waals surface area contributed by atoms with Gasteiger partial charge in [-0.25, -0.2) is 0 Å². The van der Waals surface area contributed by atoms with Crippen molar-refractivity contribution in [1.82, 2.24) is 5.32 Å². The quantitative estimate of drug-likeness (QED) is 0.863. The van der Waals surface area contributed by atoms with Crippen LogP contribution >= 0.6 is 23.2 Å². The van der Waals surface area contributed by atoms with Gasteiger partial charge in [0.1, 0.15) is 0 Å². The van der Waals surface area contributed by atoms with Gasteiger partial charge < -0.3 is 5.32 Å². The summed E-state index contributed by atoms with van der Waals surface area (Å²) in [5.41, 5.74) is 1.28. The van der Waals surface area contributed by atoms with Crippen molar-refractivity contribution in [2.75, 3.05) is 13.1 Å². The van der Waals surface area contributed by atoms with Gasteiger partial charge in [-0.15, -0.1) is 0 Å². The van der Waals surface area contributed by atoms with Crippen LogP contribution in [0, 0.1) is 5.92 Å². The van der Waals surface area contributed by atoms with Crippen molar-refractivity contribution >= 4 is 23.2 Å². The van der Waals surface area contributed by atoms with Crippen LogP contribution in [0.5, 0.6) is 0 Å². The SMILES string of the molecule is CCNCC1(c2c(Cl)cccc2Cl)CC(C)C1. The molecule has 0 saturated heterocycles. The predicted octanol–water partition coefficient (Wildman–Crippen LogP) is 4.27. The molecule has 17 heavy (non-hydrogen) atoms. The second-order valence-electron chi connectivity index (χ2n) is 5.17. The van der Waals surface area contributed by atoms with Crippen LogP contribution in [0.15, 0.2) is 18.2 Å². The molecule has 1 fully saturated rings. The zero-order valence-corrected chi connectivity index (χ0v) is 11.9. The minimum Gasteiger partial charge on any atom is -0.316 e. The van der Waals surface area contributed by atoms with Gasteiger partial charge in [-0.2, -0.15) is 0 Å². The molecule has 0 atom stereocenters. The predicted molar refractivity (Wildman–Crippen MR) is 75.1 cm³/mol. The normalized spacial score (nSPS) is 27.9. The van der Waals surface area contributed by atoms with Gasteiger partial charge in [0.15, 0.2) is 0 Å². The van der Waals surface area contributed by atoms with E-state index in [1.54, 1.807) is 0 Å². The molecule has 0 amide bonds. The van der Waals surface area contributed by atoms with Crippen molar-refractivity contribution in [1.29, 1.82) is 0 Å². The summed E-state index contributed by atoms with van der Waals surface area (Å²) in [4.78, 5) is 0. The molecule has 1 aromatic carbocycles. The number of halogens is 2. The minimum atomic E-state index is 0.144. The van der Waals surface area contributed by atoms with Crippen LogP contribution in [0.3, 0.4) is 0 Å². The fraction of sp³-hybridized carbons (Fsp3) is 0.571. The summed E-state index contributed by atoms with van der Waals surface area (Å²) in [6.07, 6.45) is 2.34. The number of benzene rings is 1. The molecule has 0 radical (unpaired) electrons. The number of nitrogens with one attached hydrogen (secondary N) is 1. The Hall–Kier alpha value is -0.240. The van der Waals surface area contributed by atoms with E-state index in [1.807, 2.05) is 18.2 Å². The smallest absolute Gasteiger partial charge is 0.0459 e. The molecule has 2 rings (SSSR count). The Bertz CT molecular complexity index is 377. The maximum absolute atomic E-state index is 6.34. The Morgan fingerprint density at radius 2 is 1.88 bits per heavy atom. The highest BCUT2D eigenvalue weighted by molar-refractivity contribution is 6.36. The van der Waals surface area contributed by atoms with Gasteiger partial charge in [-0.05, 0) is 43.0 Å². The molecule has 0 aliphatic heterocycles. The van der Waals surface area contributed by atoms with Crippen LogP contribution in [-0.4, -0.2) is 13.1 Å². The monoisotopic (exact) mass is 271 g/mol. The number of hydrogen-bond donors (Lipinski definition) is 1. The van der Waals surface area contributed by atoms with E-state index >= 15 is 0 Å². The largest absolute Gasteiger partial charge is 0.316 e. The topological polar surface area (TPSA) is 12.0 Å². The number of rotatable bonds is 4. The first-order valence-electron chi connectivity index (χ1n) is 6.24. The lowest BCUT2D eigenvalue weighted by Gasteiger charge is -2.48. The molecule has 1 aliphatic rings. The number of hydrogen-bond acceptors (Lipinski definition) is 1. The molecule has 1 aromatic rings. The Morgan fingerprint density at radius 3 is 2.35 bits per heavy atom. The summed E-state index contributed by atoms with van der Waals surface area (Å²) in [6.45, 7) is 6.37. The van der Waals surface area contributed by atoms with Crippen molar-refractivity contribution in [2.45, 2.75) is 32.1 Å². The first-order chi connectivity index (χ1) is 8.09. The van der Waals surface area contributed by atoms with Gasteiger partial charge in [0.25, 0.3) is 0 Å². The third kappa shape index (κ3) is 2.47. The maximum atomic E-state index is 6.34. The molecule has 0 heterocycles. The standard InChI is InChI=1S/C14H19Cl2N/c1-3-17-9-14(7-10(2)8-14)13-11(15)5-4-6-12(13)16/h4-6,10,17H,3,7-9H2,1-2H3. The van der Waals surface area contributed by atoms with Gasteiger partial charge >= 0.3 is 0 Å². The van der Waals surface area contributed by atoms with Gasteiger partial charge in [0, 0.05) is 22.0 Å². The van der Waals surface area contributed by atoms with E-state index < -0.39 is 0 Å². The summed E-state index contributed by atoms with van der Waals surface area (Å²) in [6, 6.07) is 5.80. The lowest BCUT2D eigenvalue weighted by atomic mass is 9.59. The molecule has 0 aromatic heterocycles. The van der Waals surface area contributed by atoms with Crippen molar-refractivity contribution < 1.29 is 0 Å². The van der Waals surface area contributed by atoms with Crippen LogP contribution in [0.2, 0.25) is 10.0 Å². The summed E-state index contributed by atoms with van der Waals surface area (Å²) >= 11 is 12.7. The van der Waals surface area contributed by atoms with E-state index in [4.69, 9.17) is 23.2 Å². The van der Waals surface area contributed by atoms with Crippen LogP contribution in [0.1, 0.15) is 32.3 Å². The van der Waals surface area contributed by atoms with Crippen LogP contribution < -0.4 is 5.32 Å². The molecule has 94 valence electrons.